The summed E-state index contributed by atoms with van der Waals surface area (Å²) in [6.45, 7) is 1.73. The minimum atomic E-state index is -0.275. The molecule has 1 aliphatic rings. The lowest BCUT2D eigenvalue weighted by Gasteiger charge is -2.32. The smallest absolute Gasteiger partial charge is 0.319 e. The Hall–Kier alpha value is -3.57. The molecule has 7 nitrogen and oxygen atoms in total. The zero-order valence-corrected chi connectivity index (χ0v) is 17.1. The largest absolute Gasteiger partial charge is 0.456 e. The fraction of sp³-hybridized carbons (Fsp3) is 0.227. The molecule has 4 rings (SSSR count). The number of nitrogens with zero attached hydrogens (tertiary/aromatic N) is 3. The van der Waals surface area contributed by atoms with E-state index in [1.165, 1.54) is 0 Å². The van der Waals surface area contributed by atoms with Crippen molar-refractivity contribution in [3.63, 3.8) is 0 Å². The first-order chi connectivity index (χ1) is 14.7. The molecule has 30 heavy (non-hydrogen) atoms. The zero-order chi connectivity index (χ0) is 20.8. The number of carbonyl (C=O) groups excluding carboxylic acids is 1. The van der Waals surface area contributed by atoms with Crippen LogP contribution in [0.25, 0.3) is 0 Å². The number of piperidine rings is 1. The minimum absolute atomic E-state index is 0.109. The molecule has 2 N–H and O–H groups in total. The normalized spacial score (nSPS) is 14.0. The number of urea groups is 1. The number of ether oxygens (including phenoxy) is 1. The topological polar surface area (TPSA) is 90.3 Å². The van der Waals surface area contributed by atoms with Crippen molar-refractivity contribution < 1.29 is 9.53 Å². The molecule has 2 amide bonds. The van der Waals surface area contributed by atoms with Crippen LogP contribution in [-0.4, -0.2) is 30.1 Å². The van der Waals surface area contributed by atoms with Crippen LogP contribution in [0.1, 0.15) is 18.4 Å². The highest BCUT2D eigenvalue weighted by Gasteiger charge is 2.22. The summed E-state index contributed by atoms with van der Waals surface area (Å²) in [5, 5.41) is 18.3. The van der Waals surface area contributed by atoms with Gasteiger partial charge in [-0.05, 0) is 43.2 Å². The first-order valence-electron chi connectivity index (χ1n) is 9.70. The van der Waals surface area contributed by atoms with Gasteiger partial charge in [0, 0.05) is 36.4 Å². The number of aromatic nitrogens is 1. The van der Waals surface area contributed by atoms with E-state index in [0.29, 0.717) is 22.7 Å². The van der Waals surface area contributed by atoms with Crippen molar-refractivity contribution in [2.45, 2.75) is 18.9 Å². The number of amides is 2. The van der Waals surface area contributed by atoms with Crippen molar-refractivity contribution in [1.82, 2.24) is 10.3 Å². The van der Waals surface area contributed by atoms with E-state index in [-0.39, 0.29) is 12.1 Å². The predicted octanol–water partition coefficient (Wildman–Crippen LogP) is 4.60. The Kier molecular flexibility index (Phi) is 6.11. The lowest BCUT2D eigenvalue weighted by molar-refractivity contribution is 0.246. The Morgan fingerprint density at radius 2 is 2.00 bits per heavy atom. The van der Waals surface area contributed by atoms with Crippen LogP contribution in [0.4, 0.5) is 15.6 Å². The summed E-state index contributed by atoms with van der Waals surface area (Å²) in [6.07, 6.45) is 3.53. The summed E-state index contributed by atoms with van der Waals surface area (Å²) in [6, 6.07) is 16.2. The Balaban J connectivity index is 1.32. The number of carbonyl (C=O) groups is 1. The van der Waals surface area contributed by atoms with E-state index in [0.717, 1.165) is 31.1 Å². The van der Waals surface area contributed by atoms with E-state index in [1.807, 2.05) is 41.9 Å². The highest BCUT2D eigenvalue weighted by molar-refractivity contribution is 7.13. The SMILES string of the molecule is N#Cc1cc(NC(=O)NC2CCN(c3nccs3)CC2)ccc1Oc1ccccc1. The summed E-state index contributed by atoms with van der Waals surface area (Å²) in [4.78, 5) is 19.0. The summed E-state index contributed by atoms with van der Waals surface area (Å²) in [7, 11) is 0. The van der Waals surface area contributed by atoms with Crippen LogP contribution in [0.3, 0.4) is 0 Å². The molecule has 1 aromatic heterocycles. The van der Waals surface area contributed by atoms with Crippen LogP contribution >= 0.6 is 11.3 Å². The third kappa shape index (κ3) is 4.88. The van der Waals surface area contributed by atoms with Gasteiger partial charge in [0.15, 0.2) is 5.13 Å². The molecule has 0 radical (unpaired) electrons. The summed E-state index contributed by atoms with van der Waals surface area (Å²) in [5.74, 6) is 1.10. The van der Waals surface area contributed by atoms with Crippen molar-refractivity contribution in [3.05, 3.63) is 65.7 Å². The summed E-state index contributed by atoms with van der Waals surface area (Å²) in [5.41, 5.74) is 0.901. The number of benzene rings is 2. The molecular formula is C22H21N5O2S. The molecule has 152 valence electrons. The van der Waals surface area contributed by atoms with Crippen LogP contribution in [-0.2, 0) is 0 Å². The van der Waals surface area contributed by atoms with E-state index >= 15 is 0 Å². The quantitative estimate of drug-likeness (QED) is 0.631. The van der Waals surface area contributed by atoms with Crippen LogP contribution < -0.4 is 20.3 Å². The molecule has 0 spiro atoms. The Morgan fingerprint density at radius 3 is 2.70 bits per heavy atom. The second kappa shape index (κ2) is 9.29. The standard InChI is InChI=1S/C22H21N5O2S/c23-15-16-14-18(6-7-20(16)29-19-4-2-1-3-5-19)26-21(28)25-17-8-11-27(12-9-17)22-24-10-13-30-22/h1-7,10,13-14,17H,8-9,11-12H2,(H2,25,26,28). The van der Waals surface area contributed by atoms with E-state index in [2.05, 4.69) is 26.6 Å². The van der Waals surface area contributed by atoms with E-state index in [1.54, 1.807) is 29.5 Å². The molecule has 8 heteroatoms. The molecule has 1 fully saturated rings. The molecule has 1 saturated heterocycles. The van der Waals surface area contributed by atoms with Crippen molar-refractivity contribution in [1.29, 1.82) is 5.26 Å². The van der Waals surface area contributed by atoms with E-state index < -0.39 is 0 Å². The number of nitriles is 1. The molecule has 1 aliphatic heterocycles. The highest BCUT2D eigenvalue weighted by atomic mass is 32.1. The van der Waals surface area contributed by atoms with Gasteiger partial charge in [-0.1, -0.05) is 18.2 Å². The van der Waals surface area contributed by atoms with Gasteiger partial charge >= 0.3 is 6.03 Å². The number of para-hydroxylation sites is 1. The van der Waals surface area contributed by atoms with Gasteiger partial charge in [0.1, 0.15) is 17.6 Å². The van der Waals surface area contributed by atoms with Crippen molar-refractivity contribution >= 4 is 28.2 Å². The first-order valence-corrected chi connectivity index (χ1v) is 10.6. The number of rotatable bonds is 5. The predicted molar refractivity (Wildman–Crippen MR) is 117 cm³/mol. The number of anilines is 2. The number of thiazole rings is 1. The molecule has 0 bridgehead atoms. The fourth-order valence-corrected chi connectivity index (χ4v) is 4.04. The van der Waals surface area contributed by atoms with Gasteiger partial charge in [-0.2, -0.15) is 5.26 Å². The third-order valence-corrected chi connectivity index (χ3v) is 5.68. The molecule has 0 atom stereocenters. The fourth-order valence-electron chi connectivity index (χ4n) is 3.34. The maximum atomic E-state index is 12.4. The number of hydrogen-bond donors (Lipinski definition) is 2. The van der Waals surface area contributed by atoms with Gasteiger partial charge in [0.2, 0.25) is 0 Å². The van der Waals surface area contributed by atoms with Gasteiger partial charge < -0.3 is 20.3 Å². The van der Waals surface area contributed by atoms with E-state index in [9.17, 15) is 10.1 Å². The number of hydrogen-bond acceptors (Lipinski definition) is 6. The minimum Gasteiger partial charge on any atom is -0.456 e. The molecule has 2 heterocycles. The Labute approximate surface area is 178 Å². The van der Waals surface area contributed by atoms with Gasteiger partial charge in [-0.3, -0.25) is 0 Å². The van der Waals surface area contributed by atoms with Gasteiger partial charge in [0.25, 0.3) is 0 Å². The molecule has 0 unspecified atom stereocenters. The van der Waals surface area contributed by atoms with Gasteiger partial charge in [-0.25, -0.2) is 9.78 Å². The van der Waals surface area contributed by atoms with Gasteiger partial charge in [0.05, 0.1) is 5.56 Å². The van der Waals surface area contributed by atoms with Crippen LogP contribution in [0.5, 0.6) is 11.5 Å². The van der Waals surface area contributed by atoms with Crippen molar-refractivity contribution in [2.24, 2.45) is 0 Å². The maximum Gasteiger partial charge on any atom is 0.319 e. The second-order valence-corrected chi connectivity index (χ2v) is 7.79. The lowest BCUT2D eigenvalue weighted by Crippen LogP contribution is -2.46. The molecule has 0 aliphatic carbocycles. The monoisotopic (exact) mass is 419 g/mol. The van der Waals surface area contributed by atoms with E-state index in [4.69, 9.17) is 4.74 Å². The van der Waals surface area contributed by atoms with Crippen molar-refractivity contribution in [2.75, 3.05) is 23.3 Å². The second-order valence-electron chi connectivity index (χ2n) is 6.91. The molecular weight excluding hydrogens is 398 g/mol. The van der Waals surface area contributed by atoms with Gasteiger partial charge in [-0.15, -0.1) is 11.3 Å². The molecule has 0 saturated carbocycles. The summed E-state index contributed by atoms with van der Waals surface area (Å²) >= 11 is 1.63. The lowest BCUT2D eigenvalue weighted by atomic mass is 10.1. The highest BCUT2D eigenvalue weighted by Crippen LogP contribution is 2.27. The Bertz CT molecular complexity index is 1030. The summed E-state index contributed by atoms with van der Waals surface area (Å²) < 4.78 is 5.76. The average Bonchev–Trinajstić information content (AvgIpc) is 3.31. The molecule has 2 aromatic carbocycles. The van der Waals surface area contributed by atoms with Crippen LogP contribution in [0, 0.1) is 11.3 Å². The maximum absolute atomic E-state index is 12.4. The van der Waals surface area contributed by atoms with Crippen LogP contribution in [0.2, 0.25) is 0 Å². The van der Waals surface area contributed by atoms with Crippen molar-refractivity contribution in [3.8, 4) is 17.6 Å². The molecule has 3 aromatic rings. The third-order valence-electron chi connectivity index (χ3n) is 4.85. The average molecular weight is 420 g/mol. The van der Waals surface area contributed by atoms with Crippen LogP contribution in [0.15, 0.2) is 60.1 Å². The zero-order valence-electron chi connectivity index (χ0n) is 16.2. The Morgan fingerprint density at radius 1 is 1.20 bits per heavy atom. The first kappa shape index (κ1) is 19.7. The number of nitrogens with one attached hydrogen (secondary N) is 2.